The van der Waals surface area contributed by atoms with Crippen molar-refractivity contribution in [3.05, 3.63) is 28.7 Å². The fraction of sp³-hybridized carbons (Fsp3) is 0.500. The molecule has 1 fully saturated rings. The van der Waals surface area contributed by atoms with Crippen LogP contribution in [0.25, 0.3) is 0 Å². The van der Waals surface area contributed by atoms with Crippen LogP contribution in [0.4, 0.5) is 5.69 Å². The van der Waals surface area contributed by atoms with E-state index in [1.54, 1.807) is 11.9 Å². The smallest absolute Gasteiger partial charge is 0.251 e. The van der Waals surface area contributed by atoms with Crippen molar-refractivity contribution in [2.24, 2.45) is 5.92 Å². The lowest BCUT2D eigenvalue weighted by Gasteiger charge is -2.31. The second-order valence-corrected chi connectivity index (χ2v) is 5.20. The van der Waals surface area contributed by atoms with Gasteiger partial charge < -0.3 is 20.5 Å². The SMILES string of the molecule is CNC(=O)C1CCN(C(=O)Cn2cc(N)ccc2=O)CC1. The predicted molar refractivity (Wildman–Crippen MR) is 78.5 cm³/mol. The van der Waals surface area contributed by atoms with Gasteiger partial charge in [-0.1, -0.05) is 0 Å². The summed E-state index contributed by atoms with van der Waals surface area (Å²) in [7, 11) is 1.62. The molecule has 0 unspecified atom stereocenters. The Kier molecular flexibility index (Phi) is 4.62. The molecule has 2 amide bonds. The molecule has 0 spiro atoms. The van der Waals surface area contributed by atoms with E-state index in [-0.39, 0.29) is 29.8 Å². The summed E-state index contributed by atoms with van der Waals surface area (Å²) in [6.45, 7) is 1.05. The summed E-state index contributed by atoms with van der Waals surface area (Å²) in [6.07, 6.45) is 2.77. The zero-order chi connectivity index (χ0) is 15.4. The maximum absolute atomic E-state index is 12.2. The van der Waals surface area contributed by atoms with Crippen LogP contribution in [-0.2, 0) is 16.1 Å². The number of carbonyl (C=O) groups is 2. The Balaban J connectivity index is 1.95. The van der Waals surface area contributed by atoms with Crippen LogP contribution in [0.1, 0.15) is 12.8 Å². The van der Waals surface area contributed by atoms with Crippen molar-refractivity contribution in [2.45, 2.75) is 19.4 Å². The first-order valence-corrected chi connectivity index (χ1v) is 6.96. The fourth-order valence-corrected chi connectivity index (χ4v) is 2.51. The number of hydrogen-bond donors (Lipinski definition) is 2. The predicted octanol–water partition coefficient (Wildman–Crippen LogP) is -0.585. The first-order chi connectivity index (χ1) is 10.0. The maximum Gasteiger partial charge on any atom is 0.251 e. The van der Waals surface area contributed by atoms with Gasteiger partial charge in [-0.2, -0.15) is 0 Å². The van der Waals surface area contributed by atoms with E-state index in [1.807, 2.05) is 0 Å². The number of likely N-dealkylation sites (tertiary alicyclic amines) is 1. The minimum atomic E-state index is -0.252. The molecule has 1 aromatic rings. The number of aromatic nitrogens is 1. The van der Waals surface area contributed by atoms with Crippen LogP contribution in [-0.4, -0.2) is 41.4 Å². The molecule has 3 N–H and O–H groups in total. The highest BCUT2D eigenvalue weighted by Crippen LogP contribution is 2.17. The van der Waals surface area contributed by atoms with Crippen molar-refractivity contribution >= 4 is 17.5 Å². The Labute approximate surface area is 122 Å². The van der Waals surface area contributed by atoms with Gasteiger partial charge in [0.25, 0.3) is 5.56 Å². The summed E-state index contributed by atoms with van der Waals surface area (Å²) >= 11 is 0. The summed E-state index contributed by atoms with van der Waals surface area (Å²) in [5, 5.41) is 2.63. The quantitative estimate of drug-likeness (QED) is 0.778. The summed E-state index contributed by atoms with van der Waals surface area (Å²) in [5.41, 5.74) is 5.81. The zero-order valence-electron chi connectivity index (χ0n) is 12.0. The van der Waals surface area contributed by atoms with Gasteiger partial charge in [0.05, 0.1) is 0 Å². The van der Waals surface area contributed by atoms with E-state index in [0.29, 0.717) is 31.6 Å². The van der Waals surface area contributed by atoms with Crippen LogP contribution in [0.2, 0.25) is 0 Å². The number of pyridine rings is 1. The third-order valence-corrected chi connectivity index (χ3v) is 3.78. The Hall–Kier alpha value is -2.31. The molecule has 1 aliphatic rings. The third-order valence-electron chi connectivity index (χ3n) is 3.78. The number of carbonyl (C=O) groups excluding carboxylic acids is 2. The Morgan fingerprint density at radius 1 is 1.33 bits per heavy atom. The highest BCUT2D eigenvalue weighted by molar-refractivity contribution is 5.79. The molecular weight excluding hydrogens is 272 g/mol. The van der Waals surface area contributed by atoms with E-state index >= 15 is 0 Å². The van der Waals surface area contributed by atoms with Crippen molar-refractivity contribution < 1.29 is 9.59 Å². The summed E-state index contributed by atoms with van der Waals surface area (Å²) in [4.78, 5) is 37.1. The molecule has 1 aromatic heterocycles. The van der Waals surface area contributed by atoms with Crippen LogP contribution in [0, 0.1) is 5.92 Å². The third kappa shape index (κ3) is 3.62. The molecule has 1 saturated heterocycles. The fourth-order valence-electron chi connectivity index (χ4n) is 2.51. The average molecular weight is 292 g/mol. The summed E-state index contributed by atoms with van der Waals surface area (Å²) in [6, 6.07) is 2.86. The van der Waals surface area contributed by atoms with E-state index in [4.69, 9.17) is 5.73 Å². The minimum absolute atomic E-state index is 0.0193. The van der Waals surface area contributed by atoms with E-state index in [0.717, 1.165) is 0 Å². The number of rotatable bonds is 3. The van der Waals surface area contributed by atoms with E-state index in [2.05, 4.69) is 5.32 Å². The van der Waals surface area contributed by atoms with Crippen molar-refractivity contribution in [1.82, 2.24) is 14.8 Å². The molecular formula is C14H20N4O3. The first kappa shape index (κ1) is 15.1. The second-order valence-electron chi connectivity index (χ2n) is 5.20. The van der Waals surface area contributed by atoms with Crippen LogP contribution in [0.5, 0.6) is 0 Å². The monoisotopic (exact) mass is 292 g/mol. The van der Waals surface area contributed by atoms with Crippen LogP contribution >= 0.6 is 0 Å². The largest absolute Gasteiger partial charge is 0.398 e. The van der Waals surface area contributed by atoms with Crippen molar-refractivity contribution in [3.8, 4) is 0 Å². The zero-order valence-corrected chi connectivity index (χ0v) is 12.0. The second kappa shape index (κ2) is 6.43. The number of piperidine rings is 1. The Morgan fingerprint density at radius 3 is 2.62 bits per heavy atom. The van der Waals surface area contributed by atoms with E-state index in [1.165, 1.54) is 22.9 Å². The number of nitrogen functional groups attached to an aromatic ring is 1. The maximum atomic E-state index is 12.2. The lowest BCUT2D eigenvalue weighted by molar-refractivity contribution is -0.136. The molecule has 0 radical (unpaired) electrons. The van der Waals surface area contributed by atoms with Crippen LogP contribution in [0.3, 0.4) is 0 Å². The van der Waals surface area contributed by atoms with Crippen LogP contribution < -0.4 is 16.6 Å². The lowest BCUT2D eigenvalue weighted by atomic mass is 9.96. The van der Waals surface area contributed by atoms with Gasteiger partial charge in [-0.25, -0.2) is 0 Å². The van der Waals surface area contributed by atoms with E-state index < -0.39 is 0 Å². The first-order valence-electron chi connectivity index (χ1n) is 6.96. The van der Waals surface area contributed by atoms with Crippen molar-refractivity contribution in [3.63, 3.8) is 0 Å². The lowest BCUT2D eigenvalue weighted by Crippen LogP contribution is -2.44. The molecule has 1 aliphatic heterocycles. The standard InChI is InChI=1S/C14H20N4O3/c1-16-14(21)10-4-6-17(7-5-10)13(20)9-18-8-11(15)2-3-12(18)19/h2-3,8,10H,4-7,9,15H2,1H3,(H,16,21). The molecule has 7 heteroatoms. The normalized spacial score (nSPS) is 15.8. The minimum Gasteiger partial charge on any atom is -0.398 e. The average Bonchev–Trinajstić information content (AvgIpc) is 2.50. The number of nitrogens with zero attached hydrogens (tertiary/aromatic N) is 2. The van der Waals surface area contributed by atoms with Gasteiger partial charge in [0.15, 0.2) is 0 Å². The highest BCUT2D eigenvalue weighted by Gasteiger charge is 2.26. The molecule has 21 heavy (non-hydrogen) atoms. The number of nitrogens with one attached hydrogen (secondary N) is 1. The molecule has 0 bridgehead atoms. The Morgan fingerprint density at radius 2 is 2.00 bits per heavy atom. The topological polar surface area (TPSA) is 97.4 Å². The number of amides is 2. The molecule has 0 saturated carbocycles. The number of anilines is 1. The molecule has 0 atom stereocenters. The van der Waals surface area contributed by atoms with Gasteiger partial charge in [0, 0.05) is 44.0 Å². The van der Waals surface area contributed by atoms with E-state index in [9.17, 15) is 14.4 Å². The number of nitrogens with two attached hydrogens (primary N) is 1. The summed E-state index contributed by atoms with van der Waals surface area (Å²) in [5.74, 6) is -0.138. The van der Waals surface area contributed by atoms with Gasteiger partial charge in [0.1, 0.15) is 6.54 Å². The van der Waals surface area contributed by atoms with Gasteiger partial charge >= 0.3 is 0 Å². The van der Waals surface area contributed by atoms with Gasteiger partial charge in [-0.05, 0) is 18.9 Å². The van der Waals surface area contributed by atoms with Gasteiger partial charge in [-0.3, -0.25) is 14.4 Å². The molecule has 114 valence electrons. The highest BCUT2D eigenvalue weighted by atomic mass is 16.2. The molecule has 7 nitrogen and oxygen atoms in total. The van der Waals surface area contributed by atoms with Crippen molar-refractivity contribution in [1.29, 1.82) is 0 Å². The van der Waals surface area contributed by atoms with Gasteiger partial charge in [-0.15, -0.1) is 0 Å². The van der Waals surface area contributed by atoms with Crippen molar-refractivity contribution in [2.75, 3.05) is 25.9 Å². The molecule has 2 heterocycles. The molecule has 2 rings (SSSR count). The molecule has 0 aromatic carbocycles. The molecule has 0 aliphatic carbocycles. The Bertz CT molecular complexity index is 588. The summed E-state index contributed by atoms with van der Waals surface area (Å²) < 4.78 is 1.31. The number of hydrogen-bond acceptors (Lipinski definition) is 4. The van der Waals surface area contributed by atoms with Crippen LogP contribution in [0.15, 0.2) is 23.1 Å². The van der Waals surface area contributed by atoms with Gasteiger partial charge in [0.2, 0.25) is 11.8 Å².